The summed E-state index contributed by atoms with van der Waals surface area (Å²) in [5.74, 6) is -0.469. The maximum atomic E-state index is 11.7. The van der Waals surface area contributed by atoms with Crippen LogP contribution in [-0.2, 0) is 0 Å². The zero-order valence-electron chi connectivity index (χ0n) is 10.5. The number of aromatic hydroxyl groups is 1. The van der Waals surface area contributed by atoms with Crippen LogP contribution >= 0.6 is 11.6 Å². The number of nitro groups is 1. The van der Waals surface area contributed by atoms with Gasteiger partial charge in [0.25, 0.3) is 0 Å². The third-order valence-corrected chi connectivity index (χ3v) is 2.78. The number of anilines is 2. The van der Waals surface area contributed by atoms with E-state index in [0.29, 0.717) is 10.7 Å². The van der Waals surface area contributed by atoms with Crippen LogP contribution in [0.15, 0.2) is 42.5 Å². The van der Waals surface area contributed by atoms with Gasteiger partial charge in [0, 0.05) is 22.5 Å². The van der Waals surface area contributed by atoms with Crippen LogP contribution < -0.4 is 10.6 Å². The second kappa shape index (κ2) is 6.10. The van der Waals surface area contributed by atoms with Gasteiger partial charge in [-0.3, -0.25) is 10.1 Å². The van der Waals surface area contributed by atoms with Crippen LogP contribution in [0.4, 0.5) is 21.9 Å². The van der Waals surface area contributed by atoms with E-state index in [0.717, 1.165) is 12.1 Å². The number of hydrogen-bond acceptors (Lipinski definition) is 4. The van der Waals surface area contributed by atoms with E-state index < -0.39 is 22.4 Å². The molecular formula is C13H10ClN3O4. The third-order valence-electron chi connectivity index (χ3n) is 2.53. The maximum Gasteiger partial charge on any atom is 0.323 e. The Morgan fingerprint density at radius 2 is 1.67 bits per heavy atom. The fourth-order valence-electron chi connectivity index (χ4n) is 1.57. The second-order valence-electron chi connectivity index (χ2n) is 4.05. The Balaban J connectivity index is 2.07. The van der Waals surface area contributed by atoms with Gasteiger partial charge in [0.05, 0.1) is 4.92 Å². The average molecular weight is 308 g/mol. The normalized spacial score (nSPS) is 9.95. The van der Waals surface area contributed by atoms with E-state index in [1.807, 2.05) is 0 Å². The second-order valence-corrected chi connectivity index (χ2v) is 4.48. The van der Waals surface area contributed by atoms with E-state index in [2.05, 4.69) is 10.6 Å². The molecule has 21 heavy (non-hydrogen) atoms. The predicted molar refractivity (Wildman–Crippen MR) is 78.9 cm³/mol. The highest BCUT2D eigenvalue weighted by Crippen LogP contribution is 2.28. The van der Waals surface area contributed by atoms with Crippen LogP contribution in [0.3, 0.4) is 0 Å². The first-order valence-electron chi connectivity index (χ1n) is 5.76. The number of amides is 2. The van der Waals surface area contributed by atoms with Gasteiger partial charge in [-0.25, -0.2) is 4.79 Å². The summed E-state index contributed by atoms with van der Waals surface area (Å²) in [4.78, 5) is 21.7. The molecule has 2 rings (SSSR count). The molecule has 0 aliphatic heterocycles. The smallest absolute Gasteiger partial charge is 0.323 e. The van der Waals surface area contributed by atoms with Crippen LogP contribution in [0, 0.1) is 10.1 Å². The van der Waals surface area contributed by atoms with E-state index >= 15 is 0 Å². The molecule has 0 saturated heterocycles. The number of phenols is 1. The summed E-state index contributed by atoms with van der Waals surface area (Å²) in [6.45, 7) is 0. The third kappa shape index (κ3) is 3.83. The van der Waals surface area contributed by atoms with Gasteiger partial charge in [0.2, 0.25) is 0 Å². The number of urea groups is 1. The molecule has 2 aromatic carbocycles. The van der Waals surface area contributed by atoms with Gasteiger partial charge in [0.15, 0.2) is 5.75 Å². The summed E-state index contributed by atoms with van der Waals surface area (Å²) in [6, 6.07) is 9.43. The highest BCUT2D eigenvalue weighted by atomic mass is 35.5. The summed E-state index contributed by atoms with van der Waals surface area (Å²) in [6.07, 6.45) is 0. The standard InChI is InChI=1S/C13H10ClN3O4/c14-8-1-3-9(4-2-8)15-13(19)16-10-5-6-12(18)11(7-10)17(20)21/h1-7,18H,(H2,15,16,19). The predicted octanol–water partition coefficient (Wildman–Crippen LogP) is 3.60. The number of hydrogen-bond donors (Lipinski definition) is 3. The Kier molecular flexibility index (Phi) is 4.24. The molecule has 0 aliphatic carbocycles. The maximum absolute atomic E-state index is 11.7. The molecular weight excluding hydrogens is 298 g/mol. The number of rotatable bonds is 3. The van der Waals surface area contributed by atoms with Crippen LogP contribution in [0.2, 0.25) is 5.02 Å². The molecule has 0 unspecified atom stereocenters. The fraction of sp³-hybridized carbons (Fsp3) is 0. The average Bonchev–Trinajstić information content (AvgIpc) is 2.43. The van der Waals surface area contributed by atoms with Crippen molar-refractivity contribution in [3.63, 3.8) is 0 Å². The number of nitrogens with one attached hydrogen (secondary N) is 2. The number of carbonyl (C=O) groups is 1. The van der Waals surface area contributed by atoms with Crippen molar-refractivity contribution in [1.29, 1.82) is 0 Å². The summed E-state index contributed by atoms with van der Waals surface area (Å²) in [5.41, 5.74) is 0.218. The Hall–Kier alpha value is -2.80. The van der Waals surface area contributed by atoms with Crippen molar-refractivity contribution in [2.24, 2.45) is 0 Å². The lowest BCUT2D eigenvalue weighted by Crippen LogP contribution is -2.19. The largest absolute Gasteiger partial charge is 0.502 e. The molecule has 0 saturated carbocycles. The lowest BCUT2D eigenvalue weighted by molar-refractivity contribution is -0.385. The van der Waals surface area contributed by atoms with Gasteiger partial charge in [0.1, 0.15) is 0 Å². The Morgan fingerprint density at radius 3 is 2.29 bits per heavy atom. The molecule has 0 atom stereocenters. The van der Waals surface area contributed by atoms with Gasteiger partial charge in [-0.1, -0.05) is 11.6 Å². The highest BCUT2D eigenvalue weighted by Gasteiger charge is 2.14. The summed E-state index contributed by atoms with van der Waals surface area (Å²) < 4.78 is 0. The van der Waals surface area contributed by atoms with Crippen LogP contribution in [0.1, 0.15) is 0 Å². The van der Waals surface area contributed by atoms with Gasteiger partial charge in [-0.05, 0) is 36.4 Å². The molecule has 0 spiro atoms. The van der Waals surface area contributed by atoms with Crippen LogP contribution in [-0.4, -0.2) is 16.1 Å². The number of phenolic OH excluding ortho intramolecular Hbond substituents is 1. The number of carbonyl (C=O) groups excluding carboxylic acids is 1. The minimum Gasteiger partial charge on any atom is -0.502 e. The van der Waals surface area contributed by atoms with Crippen molar-refractivity contribution in [1.82, 2.24) is 0 Å². The first-order chi connectivity index (χ1) is 9.95. The molecule has 108 valence electrons. The Morgan fingerprint density at radius 1 is 1.10 bits per heavy atom. The lowest BCUT2D eigenvalue weighted by atomic mass is 10.2. The van der Waals surface area contributed by atoms with E-state index in [4.69, 9.17) is 11.6 Å². The van der Waals surface area contributed by atoms with Crippen molar-refractivity contribution < 1.29 is 14.8 Å². The van der Waals surface area contributed by atoms with Crippen molar-refractivity contribution in [3.8, 4) is 5.75 Å². The molecule has 0 heterocycles. The quantitative estimate of drug-likeness (QED) is 0.457. The highest BCUT2D eigenvalue weighted by molar-refractivity contribution is 6.30. The minimum absolute atomic E-state index is 0.186. The molecule has 0 radical (unpaired) electrons. The molecule has 0 bridgehead atoms. The monoisotopic (exact) mass is 307 g/mol. The lowest BCUT2D eigenvalue weighted by Gasteiger charge is -2.08. The first kappa shape index (κ1) is 14.6. The van der Waals surface area contributed by atoms with Crippen molar-refractivity contribution in [2.75, 3.05) is 10.6 Å². The fourth-order valence-corrected chi connectivity index (χ4v) is 1.70. The van der Waals surface area contributed by atoms with Crippen LogP contribution in [0.5, 0.6) is 5.75 Å². The Labute approximate surface area is 124 Å². The van der Waals surface area contributed by atoms with Gasteiger partial charge < -0.3 is 15.7 Å². The summed E-state index contributed by atoms with van der Waals surface area (Å²) >= 11 is 5.72. The summed E-state index contributed by atoms with van der Waals surface area (Å²) in [7, 11) is 0. The topological polar surface area (TPSA) is 104 Å². The van der Waals surface area contributed by atoms with Crippen molar-refractivity contribution >= 4 is 34.7 Å². The van der Waals surface area contributed by atoms with E-state index in [1.165, 1.54) is 6.07 Å². The molecule has 0 aromatic heterocycles. The number of nitro benzene ring substituents is 1. The van der Waals surface area contributed by atoms with E-state index in [-0.39, 0.29) is 5.69 Å². The number of nitrogens with zero attached hydrogens (tertiary/aromatic N) is 1. The van der Waals surface area contributed by atoms with Crippen molar-refractivity contribution in [3.05, 3.63) is 57.6 Å². The molecule has 7 nitrogen and oxygen atoms in total. The van der Waals surface area contributed by atoms with Gasteiger partial charge >= 0.3 is 11.7 Å². The zero-order valence-corrected chi connectivity index (χ0v) is 11.3. The van der Waals surface area contributed by atoms with Gasteiger partial charge in [-0.2, -0.15) is 0 Å². The van der Waals surface area contributed by atoms with Crippen molar-refractivity contribution in [2.45, 2.75) is 0 Å². The molecule has 2 aromatic rings. The number of benzene rings is 2. The van der Waals surface area contributed by atoms with E-state index in [1.54, 1.807) is 24.3 Å². The molecule has 2 amide bonds. The van der Waals surface area contributed by atoms with Gasteiger partial charge in [-0.15, -0.1) is 0 Å². The summed E-state index contributed by atoms with van der Waals surface area (Å²) in [5, 5.41) is 25.5. The molecule has 3 N–H and O–H groups in total. The molecule has 8 heteroatoms. The number of halogens is 1. The molecule has 0 aliphatic rings. The minimum atomic E-state index is -0.738. The zero-order chi connectivity index (χ0) is 15.4. The Bertz CT molecular complexity index is 688. The van der Waals surface area contributed by atoms with Crippen LogP contribution in [0.25, 0.3) is 0 Å². The first-order valence-corrected chi connectivity index (χ1v) is 6.14. The molecule has 0 fully saturated rings. The van der Waals surface area contributed by atoms with E-state index in [9.17, 15) is 20.0 Å². The SMILES string of the molecule is O=C(Nc1ccc(Cl)cc1)Nc1ccc(O)c([N+](=O)[O-])c1.